The van der Waals surface area contributed by atoms with E-state index in [9.17, 15) is 4.79 Å². The lowest BCUT2D eigenvalue weighted by Gasteiger charge is -2.39. The van der Waals surface area contributed by atoms with E-state index < -0.39 is 0 Å². The molecule has 2 aliphatic rings. The average Bonchev–Trinajstić information content (AvgIpc) is 2.95. The van der Waals surface area contributed by atoms with Crippen molar-refractivity contribution in [2.24, 2.45) is 29.4 Å². The smallest absolute Gasteiger partial charge is 0.306 e. The molecule has 0 amide bonds. The van der Waals surface area contributed by atoms with E-state index in [4.69, 9.17) is 10.5 Å². The van der Waals surface area contributed by atoms with Gasteiger partial charge in [-0.2, -0.15) is 0 Å². The van der Waals surface area contributed by atoms with E-state index in [1.807, 2.05) is 32.1 Å². The highest BCUT2D eigenvalue weighted by molar-refractivity contribution is 7.27. The van der Waals surface area contributed by atoms with Crippen LogP contribution >= 0.6 is 9.24 Å². The highest BCUT2D eigenvalue weighted by atomic mass is 31.0. The number of carbonyl (C=O) groups is 1. The highest BCUT2D eigenvalue weighted by Gasteiger charge is 2.37. The lowest BCUT2D eigenvalue weighted by Crippen LogP contribution is -2.33. The first kappa shape index (κ1) is 33.7. The molecule has 36 heavy (non-hydrogen) atoms. The molecule has 1 saturated carbocycles. The predicted molar refractivity (Wildman–Crippen MR) is 162 cm³/mol. The number of rotatable bonds is 3. The molecular weight excluding hydrogens is 461 g/mol. The van der Waals surface area contributed by atoms with Crippen LogP contribution in [0, 0.1) is 36.5 Å². The predicted octanol–water partition coefficient (Wildman–Crippen LogP) is 7.69. The Morgan fingerprint density at radius 3 is 2.42 bits per heavy atom. The molecule has 3 nitrogen and oxygen atoms in total. The monoisotopic (exact) mass is 511 g/mol. The summed E-state index contributed by atoms with van der Waals surface area (Å²) in [6.07, 6.45) is 24.9. The number of cyclic esters (lactones) is 1. The van der Waals surface area contributed by atoms with Gasteiger partial charge in [-0.25, -0.2) is 0 Å². The summed E-state index contributed by atoms with van der Waals surface area (Å²) in [5.74, 6) is 2.46. The summed E-state index contributed by atoms with van der Waals surface area (Å²) in [4.78, 5) is 11.8. The summed E-state index contributed by atoms with van der Waals surface area (Å²) in [7, 11) is 2.69. The summed E-state index contributed by atoms with van der Waals surface area (Å²) in [6, 6.07) is 8.31. The molecule has 3 unspecified atom stereocenters. The van der Waals surface area contributed by atoms with Gasteiger partial charge in [-0.3, -0.25) is 4.79 Å². The zero-order chi connectivity index (χ0) is 27.5. The quantitative estimate of drug-likeness (QED) is 0.149. The minimum atomic E-state index is 0.00445. The number of hydrogen-bond donors (Lipinski definition) is 1. The zero-order valence-electron chi connectivity index (χ0n) is 23.5. The molecule has 1 aliphatic carbocycles. The van der Waals surface area contributed by atoms with Crippen molar-refractivity contribution in [1.82, 2.24) is 0 Å². The second kappa shape index (κ2) is 19.8. The van der Waals surface area contributed by atoms with Crippen LogP contribution in [-0.4, -0.2) is 12.1 Å². The Morgan fingerprint density at radius 1 is 1.14 bits per heavy atom. The maximum absolute atomic E-state index is 11.8. The van der Waals surface area contributed by atoms with Crippen LogP contribution in [0.1, 0.15) is 85.6 Å². The van der Waals surface area contributed by atoms with E-state index in [0.29, 0.717) is 18.3 Å². The lowest BCUT2D eigenvalue weighted by atomic mass is 9.66. The molecule has 1 heterocycles. The van der Waals surface area contributed by atoms with E-state index in [1.165, 1.54) is 48.3 Å². The number of benzene rings is 1. The molecule has 2 N–H and O–H groups in total. The minimum absolute atomic E-state index is 0.00445. The van der Waals surface area contributed by atoms with E-state index in [1.54, 1.807) is 0 Å². The van der Waals surface area contributed by atoms with Gasteiger partial charge in [-0.05, 0) is 92.1 Å². The van der Waals surface area contributed by atoms with Crippen LogP contribution in [0.15, 0.2) is 54.8 Å². The molecule has 1 aromatic carbocycles. The third kappa shape index (κ3) is 11.6. The van der Waals surface area contributed by atoms with Crippen LogP contribution in [0.4, 0.5) is 0 Å². The maximum atomic E-state index is 11.8. The van der Waals surface area contributed by atoms with Gasteiger partial charge in [0.1, 0.15) is 6.10 Å². The van der Waals surface area contributed by atoms with Crippen LogP contribution < -0.4 is 11.0 Å². The molecule has 0 bridgehead atoms. The summed E-state index contributed by atoms with van der Waals surface area (Å²) < 4.78 is 5.59. The van der Waals surface area contributed by atoms with E-state index >= 15 is 0 Å². The van der Waals surface area contributed by atoms with E-state index in [2.05, 4.69) is 80.1 Å². The van der Waals surface area contributed by atoms with Crippen molar-refractivity contribution in [2.45, 2.75) is 86.2 Å². The largest absolute Gasteiger partial charge is 0.462 e. The molecule has 1 aromatic rings. The van der Waals surface area contributed by atoms with Crippen molar-refractivity contribution in [3.8, 4) is 12.8 Å². The number of nitrogens with two attached hydrogens (primary N) is 1. The molecule has 0 spiro atoms. The van der Waals surface area contributed by atoms with Crippen molar-refractivity contribution in [3.05, 3.63) is 60.3 Å². The molecule has 0 radical (unpaired) electrons. The third-order valence-electron chi connectivity index (χ3n) is 7.06. The maximum Gasteiger partial charge on any atom is 0.306 e. The molecule has 2 fully saturated rings. The normalized spacial score (nSPS) is 26.3. The fraction of sp³-hybridized carbons (Fsp3) is 0.531. The zero-order valence-corrected chi connectivity index (χ0v) is 24.6. The van der Waals surface area contributed by atoms with Gasteiger partial charge in [0.25, 0.3) is 0 Å². The van der Waals surface area contributed by atoms with Crippen LogP contribution in [0.3, 0.4) is 0 Å². The number of fused-ring (bicyclic) bond motifs is 1. The second-order valence-corrected chi connectivity index (χ2v) is 9.93. The number of carbonyl (C=O) groups excluding carboxylic acids is 1. The van der Waals surface area contributed by atoms with E-state index in [-0.39, 0.29) is 12.1 Å². The minimum Gasteiger partial charge on any atom is -0.462 e. The van der Waals surface area contributed by atoms with Gasteiger partial charge in [0.05, 0.1) is 0 Å². The van der Waals surface area contributed by atoms with Crippen molar-refractivity contribution in [2.75, 3.05) is 0 Å². The van der Waals surface area contributed by atoms with Crippen LogP contribution in [-0.2, 0) is 9.53 Å². The van der Waals surface area contributed by atoms with Gasteiger partial charge in [0.2, 0.25) is 0 Å². The second-order valence-electron chi connectivity index (χ2n) is 9.26. The van der Waals surface area contributed by atoms with Gasteiger partial charge < -0.3 is 10.5 Å². The Morgan fingerprint density at radius 2 is 1.81 bits per heavy atom. The Balaban J connectivity index is 0.000000630. The summed E-state index contributed by atoms with van der Waals surface area (Å²) >= 11 is 0. The number of terminal acetylenes is 1. The fourth-order valence-electron chi connectivity index (χ4n) is 5.10. The average molecular weight is 512 g/mol. The highest BCUT2D eigenvalue weighted by Crippen LogP contribution is 2.43. The Kier molecular flexibility index (Phi) is 18.6. The third-order valence-corrected chi connectivity index (χ3v) is 7.42. The summed E-state index contributed by atoms with van der Waals surface area (Å²) in [6.45, 7) is 12.5. The first-order valence-electron chi connectivity index (χ1n) is 13.4. The van der Waals surface area contributed by atoms with Gasteiger partial charge in [0.15, 0.2) is 0 Å². The van der Waals surface area contributed by atoms with Crippen molar-refractivity contribution in [3.63, 3.8) is 0 Å². The number of allylic oxidation sites excluding steroid dienone is 5. The number of ether oxygens (including phenoxy) is 1. The standard InChI is InChI=1S/C17H28O2.C11H14NP.C2H6.C2H2/c1-4-7-15-12(2)13(3)19-17(18)11-10-14-8-5-6-9-16(14)15;1-9(4-3-7-12)10-5-2-6-11(13)8-10;2*1-2/h4,7,12-16H,5-6,8-11H2,1-3H3;2-8H,12-13H2,1H3;1-2H3;1-2H/b7-4+;7-3-,9-4+;;/t12-,13+,14-,15?,16?;;;/m0.../s1. The van der Waals surface area contributed by atoms with Gasteiger partial charge in [-0.1, -0.05) is 76.5 Å². The first-order valence-corrected chi connectivity index (χ1v) is 14.0. The van der Waals surface area contributed by atoms with Gasteiger partial charge >= 0.3 is 5.97 Å². The summed E-state index contributed by atoms with van der Waals surface area (Å²) in [5.41, 5.74) is 7.70. The Bertz CT molecular complexity index is 855. The topological polar surface area (TPSA) is 52.3 Å². The SMILES string of the molecule is C#C.C/C(=C\C=C/N)c1cccc(P)c1.C/C=C/C1C2CCCC[C@H]2CCC(=O)O[C@H](C)[C@@H]1C.CC. The number of hydrogen-bond acceptors (Lipinski definition) is 3. The van der Waals surface area contributed by atoms with Crippen LogP contribution in [0.2, 0.25) is 0 Å². The lowest BCUT2D eigenvalue weighted by molar-refractivity contribution is -0.150. The number of esters is 1. The van der Waals surface area contributed by atoms with Crippen molar-refractivity contribution < 1.29 is 9.53 Å². The summed E-state index contributed by atoms with van der Waals surface area (Å²) in [5, 5.41) is 1.20. The molecule has 0 aromatic heterocycles. The van der Waals surface area contributed by atoms with Crippen LogP contribution in [0.5, 0.6) is 0 Å². The van der Waals surface area contributed by atoms with Crippen molar-refractivity contribution >= 4 is 26.1 Å². The molecule has 1 saturated heterocycles. The Labute approximate surface area is 224 Å². The Hall–Kier alpha value is -2.30. The van der Waals surface area contributed by atoms with Crippen molar-refractivity contribution in [1.29, 1.82) is 0 Å². The molecule has 1 aliphatic heterocycles. The molecular formula is C32H50NO2P. The van der Waals surface area contributed by atoms with E-state index in [0.717, 1.165) is 18.3 Å². The molecule has 200 valence electrons. The fourth-order valence-corrected chi connectivity index (χ4v) is 5.39. The first-order chi connectivity index (χ1) is 17.4. The van der Waals surface area contributed by atoms with Gasteiger partial charge in [-0.15, -0.1) is 22.1 Å². The van der Waals surface area contributed by atoms with Gasteiger partial charge in [0, 0.05) is 6.42 Å². The van der Waals surface area contributed by atoms with Crippen LogP contribution in [0.25, 0.3) is 5.57 Å². The molecule has 6 atom stereocenters. The molecule has 3 rings (SSSR count). The molecule has 4 heteroatoms.